The summed E-state index contributed by atoms with van der Waals surface area (Å²) in [5, 5.41) is 3.35. The van der Waals surface area contributed by atoms with Crippen molar-refractivity contribution in [1.29, 1.82) is 0 Å². The standard InChI is InChI=1S/C13H25N3O/c1-4-12(5-2)11-16-9-8-15-13(16)14-7-6-10-17-3/h8-9,12H,4-7,10-11H2,1-3H3,(H,14,15). The number of methoxy groups -OCH3 is 1. The highest BCUT2D eigenvalue weighted by Gasteiger charge is 2.07. The Bertz CT molecular complexity index is 295. The zero-order valence-electron chi connectivity index (χ0n) is 11.3. The molecule has 0 aliphatic carbocycles. The molecule has 0 aliphatic heterocycles. The van der Waals surface area contributed by atoms with Gasteiger partial charge in [0.1, 0.15) is 0 Å². The summed E-state index contributed by atoms with van der Waals surface area (Å²) in [4.78, 5) is 4.35. The lowest BCUT2D eigenvalue weighted by atomic mass is 10.0. The van der Waals surface area contributed by atoms with E-state index in [9.17, 15) is 0 Å². The van der Waals surface area contributed by atoms with Crippen LogP contribution in [0.1, 0.15) is 33.1 Å². The second kappa shape index (κ2) is 8.12. The number of anilines is 1. The van der Waals surface area contributed by atoms with Crippen molar-refractivity contribution in [3.63, 3.8) is 0 Å². The summed E-state index contributed by atoms with van der Waals surface area (Å²) in [6.45, 7) is 7.25. The lowest BCUT2D eigenvalue weighted by Gasteiger charge is -2.15. The zero-order valence-corrected chi connectivity index (χ0v) is 11.3. The van der Waals surface area contributed by atoms with Crippen LogP contribution in [0.15, 0.2) is 12.4 Å². The van der Waals surface area contributed by atoms with Crippen molar-refractivity contribution in [1.82, 2.24) is 9.55 Å². The largest absolute Gasteiger partial charge is 0.385 e. The highest BCUT2D eigenvalue weighted by atomic mass is 16.5. The molecule has 0 saturated carbocycles. The predicted molar refractivity (Wildman–Crippen MR) is 71.3 cm³/mol. The Labute approximate surface area is 104 Å². The van der Waals surface area contributed by atoms with Crippen LogP contribution < -0.4 is 5.32 Å². The molecule has 1 rings (SSSR count). The average Bonchev–Trinajstić information content (AvgIpc) is 2.79. The van der Waals surface area contributed by atoms with Crippen molar-refractivity contribution in [3.8, 4) is 0 Å². The van der Waals surface area contributed by atoms with Crippen LogP contribution in [0.25, 0.3) is 0 Å². The number of imidazole rings is 1. The van der Waals surface area contributed by atoms with Gasteiger partial charge in [-0.3, -0.25) is 0 Å². The maximum absolute atomic E-state index is 5.02. The Balaban J connectivity index is 2.42. The maximum atomic E-state index is 5.02. The van der Waals surface area contributed by atoms with Crippen molar-refractivity contribution in [2.75, 3.05) is 25.6 Å². The molecule has 0 saturated heterocycles. The molecule has 0 amide bonds. The van der Waals surface area contributed by atoms with E-state index in [0.29, 0.717) is 0 Å². The van der Waals surface area contributed by atoms with Crippen molar-refractivity contribution in [3.05, 3.63) is 12.4 Å². The average molecular weight is 239 g/mol. The monoisotopic (exact) mass is 239 g/mol. The minimum Gasteiger partial charge on any atom is -0.385 e. The number of rotatable bonds is 9. The minimum atomic E-state index is 0.740. The molecule has 1 aromatic heterocycles. The summed E-state index contributed by atoms with van der Waals surface area (Å²) < 4.78 is 7.24. The summed E-state index contributed by atoms with van der Waals surface area (Å²) in [6, 6.07) is 0. The molecule has 1 N–H and O–H groups in total. The molecule has 4 nitrogen and oxygen atoms in total. The Kier molecular flexibility index (Phi) is 6.70. The van der Waals surface area contributed by atoms with Gasteiger partial charge in [-0.2, -0.15) is 0 Å². The van der Waals surface area contributed by atoms with Gasteiger partial charge < -0.3 is 14.6 Å². The molecule has 0 fully saturated rings. The van der Waals surface area contributed by atoms with Crippen LogP contribution in [-0.2, 0) is 11.3 Å². The third-order valence-electron chi connectivity index (χ3n) is 3.13. The van der Waals surface area contributed by atoms with Gasteiger partial charge in [0.25, 0.3) is 0 Å². The molecule has 0 unspecified atom stereocenters. The topological polar surface area (TPSA) is 39.1 Å². The number of hydrogen-bond donors (Lipinski definition) is 1. The molecule has 0 bridgehead atoms. The molecule has 0 radical (unpaired) electrons. The fourth-order valence-corrected chi connectivity index (χ4v) is 1.87. The summed E-state index contributed by atoms with van der Waals surface area (Å²) in [5.74, 6) is 1.72. The van der Waals surface area contributed by atoms with Crippen LogP contribution in [0.5, 0.6) is 0 Å². The quantitative estimate of drug-likeness (QED) is 0.673. The molecular formula is C13H25N3O. The maximum Gasteiger partial charge on any atom is 0.202 e. The van der Waals surface area contributed by atoms with Gasteiger partial charge in [0.15, 0.2) is 0 Å². The molecule has 0 atom stereocenters. The molecule has 98 valence electrons. The van der Waals surface area contributed by atoms with Crippen molar-refractivity contribution < 1.29 is 4.74 Å². The van der Waals surface area contributed by atoms with Crippen LogP contribution in [-0.4, -0.2) is 29.8 Å². The Morgan fingerprint density at radius 2 is 2.18 bits per heavy atom. The molecule has 0 aromatic carbocycles. The summed E-state index contributed by atoms with van der Waals surface area (Å²) in [6.07, 6.45) is 7.36. The molecule has 1 aromatic rings. The summed E-state index contributed by atoms with van der Waals surface area (Å²) >= 11 is 0. The lowest BCUT2D eigenvalue weighted by Crippen LogP contribution is -2.14. The summed E-state index contributed by atoms with van der Waals surface area (Å²) in [5.41, 5.74) is 0. The molecule has 4 heteroatoms. The second-order valence-electron chi connectivity index (χ2n) is 4.36. The number of aromatic nitrogens is 2. The van der Waals surface area contributed by atoms with E-state index in [0.717, 1.165) is 38.0 Å². The number of nitrogens with zero attached hydrogens (tertiary/aromatic N) is 2. The van der Waals surface area contributed by atoms with Crippen molar-refractivity contribution >= 4 is 5.95 Å². The van der Waals surface area contributed by atoms with Gasteiger partial charge in [-0.1, -0.05) is 26.7 Å². The SMILES string of the molecule is CCC(CC)Cn1ccnc1NCCCOC. The van der Waals surface area contributed by atoms with Crippen LogP contribution in [0.2, 0.25) is 0 Å². The van der Waals surface area contributed by atoms with E-state index >= 15 is 0 Å². The Morgan fingerprint density at radius 1 is 1.41 bits per heavy atom. The summed E-state index contributed by atoms with van der Waals surface area (Å²) in [7, 11) is 1.73. The first-order valence-corrected chi connectivity index (χ1v) is 6.55. The van der Waals surface area contributed by atoms with Crippen molar-refractivity contribution in [2.24, 2.45) is 5.92 Å². The van der Waals surface area contributed by atoms with Crippen LogP contribution in [0, 0.1) is 5.92 Å². The minimum absolute atomic E-state index is 0.740. The van der Waals surface area contributed by atoms with E-state index in [1.165, 1.54) is 12.8 Å². The van der Waals surface area contributed by atoms with E-state index in [2.05, 4.69) is 34.9 Å². The van der Waals surface area contributed by atoms with Crippen LogP contribution in [0.4, 0.5) is 5.95 Å². The third-order valence-corrected chi connectivity index (χ3v) is 3.13. The van der Waals surface area contributed by atoms with E-state index < -0.39 is 0 Å². The first kappa shape index (κ1) is 14.0. The van der Waals surface area contributed by atoms with Gasteiger partial charge in [-0.25, -0.2) is 4.98 Å². The van der Waals surface area contributed by atoms with E-state index in [1.54, 1.807) is 7.11 Å². The molecule has 0 aliphatic rings. The van der Waals surface area contributed by atoms with Gasteiger partial charge >= 0.3 is 0 Å². The smallest absolute Gasteiger partial charge is 0.202 e. The third kappa shape index (κ3) is 4.77. The van der Waals surface area contributed by atoms with E-state index in [4.69, 9.17) is 4.74 Å². The van der Waals surface area contributed by atoms with Crippen molar-refractivity contribution in [2.45, 2.75) is 39.7 Å². The molecule has 1 heterocycles. The molecular weight excluding hydrogens is 214 g/mol. The number of nitrogens with one attached hydrogen (secondary N) is 1. The first-order chi connectivity index (χ1) is 8.31. The number of hydrogen-bond acceptors (Lipinski definition) is 3. The van der Waals surface area contributed by atoms with Crippen LogP contribution >= 0.6 is 0 Å². The van der Waals surface area contributed by atoms with Gasteiger partial charge in [0.2, 0.25) is 5.95 Å². The Hall–Kier alpha value is -1.03. The molecule has 0 spiro atoms. The lowest BCUT2D eigenvalue weighted by molar-refractivity contribution is 0.197. The van der Waals surface area contributed by atoms with Gasteiger partial charge in [-0.15, -0.1) is 0 Å². The van der Waals surface area contributed by atoms with Gasteiger partial charge in [0.05, 0.1) is 0 Å². The highest BCUT2D eigenvalue weighted by molar-refractivity contribution is 5.25. The fraction of sp³-hybridized carbons (Fsp3) is 0.769. The van der Waals surface area contributed by atoms with Crippen LogP contribution in [0.3, 0.4) is 0 Å². The molecule has 17 heavy (non-hydrogen) atoms. The van der Waals surface area contributed by atoms with E-state index in [-0.39, 0.29) is 0 Å². The Morgan fingerprint density at radius 3 is 2.82 bits per heavy atom. The fourth-order valence-electron chi connectivity index (χ4n) is 1.87. The highest BCUT2D eigenvalue weighted by Crippen LogP contribution is 2.14. The zero-order chi connectivity index (χ0) is 12.5. The normalized spacial score (nSPS) is 11.1. The van der Waals surface area contributed by atoms with Gasteiger partial charge in [0, 0.05) is 39.2 Å². The number of ether oxygens (including phenoxy) is 1. The van der Waals surface area contributed by atoms with E-state index in [1.807, 2.05) is 6.20 Å². The predicted octanol–water partition coefficient (Wildman–Crippen LogP) is 2.77. The van der Waals surface area contributed by atoms with Gasteiger partial charge in [-0.05, 0) is 12.3 Å². The second-order valence-corrected chi connectivity index (χ2v) is 4.36. The first-order valence-electron chi connectivity index (χ1n) is 6.55.